The fraction of sp³-hybridized carbons (Fsp3) is 0.467. The maximum Gasteiger partial charge on any atom is 0.0294 e. The molecule has 0 radical (unpaired) electrons. The van der Waals surface area contributed by atoms with Gasteiger partial charge in [0.15, 0.2) is 0 Å². The zero-order chi connectivity index (χ0) is 12.5. The van der Waals surface area contributed by atoms with Gasteiger partial charge in [0.2, 0.25) is 0 Å². The van der Waals surface area contributed by atoms with Crippen LogP contribution < -0.4 is 5.73 Å². The molecular formula is C15H23NS. The molecule has 0 spiro atoms. The van der Waals surface area contributed by atoms with Gasteiger partial charge in [0.25, 0.3) is 0 Å². The van der Waals surface area contributed by atoms with Crippen LogP contribution in [-0.4, -0.2) is 6.26 Å². The molecule has 0 aromatic heterocycles. The molecule has 1 nitrogen and oxygen atoms in total. The third-order valence-electron chi connectivity index (χ3n) is 2.97. The minimum atomic E-state index is 0.189. The summed E-state index contributed by atoms with van der Waals surface area (Å²) in [6, 6.07) is 8.80. The van der Waals surface area contributed by atoms with E-state index in [1.54, 1.807) is 11.8 Å². The topological polar surface area (TPSA) is 26.0 Å². The lowest BCUT2D eigenvalue weighted by atomic mass is 10.0. The summed E-state index contributed by atoms with van der Waals surface area (Å²) in [7, 11) is 0. The minimum Gasteiger partial charge on any atom is -0.324 e. The van der Waals surface area contributed by atoms with Gasteiger partial charge in [-0.2, -0.15) is 0 Å². The van der Waals surface area contributed by atoms with Crippen LogP contribution >= 0.6 is 11.8 Å². The van der Waals surface area contributed by atoms with Crippen LogP contribution in [-0.2, 0) is 0 Å². The molecule has 94 valence electrons. The van der Waals surface area contributed by atoms with Crippen molar-refractivity contribution in [3.05, 3.63) is 42.5 Å². The second-order valence-electron chi connectivity index (χ2n) is 4.31. The Hall–Kier alpha value is -0.730. The van der Waals surface area contributed by atoms with E-state index >= 15 is 0 Å². The average molecular weight is 249 g/mol. The van der Waals surface area contributed by atoms with Crippen molar-refractivity contribution in [2.75, 3.05) is 6.26 Å². The quantitative estimate of drug-likeness (QED) is 0.416. The van der Waals surface area contributed by atoms with E-state index in [1.807, 2.05) is 6.08 Å². The second-order valence-corrected chi connectivity index (χ2v) is 5.19. The molecule has 0 aliphatic rings. The Morgan fingerprint density at radius 1 is 1.24 bits per heavy atom. The van der Waals surface area contributed by atoms with Crippen LogP contribution in [0.15, 0.2) is 41.8 Å². The molecule has 0 aliphatic carbocycles. The van der Waals surface area contributed by atoms with Gasteiger partial charge in [-0.15, -0.1) is 18.3 Å². The van der Waals surface area contributed by atoms with Crippen molar-refractivity contribution in [1.29, 1.82) is 0 Å². The number of nitrogens with two attached hydrogens (primary N) is 1. The molecule has 0 saturated heterocycles. The molecule has 2 N–H and O–H groups in total. The lowest BCUT2D eigenvalue weighted by molar-refractivity contribution is 0.572. The Kier molecular flexibility index (Phi) is 7.06. The normalized spacial score (nSPS) is 12.4. The molecule has 0 saturated carbocycles. The number of thioether (sulfide) groups is 1. The van der Waals surface area contributed by atoms with E-state index < -0.39 is 0 Å². The van der Waals surface area contributed by atoms with E-state index in [9.17, 15) is 0 Å². The highest BCUT2D eigenvalue weighted by molar-refractivity contribution is 7.98. The van der Waals surface area contributed by atoms with Crippen molar-refractivity contribution in [3.63, 3.8) is 0 Å². The van der Waals surface area contributed by atoms with Gasteiger partial charge in [-0.3, -0.25) is 0 Å². The molecule has 0 amide bonds. The highest BCUT2D eigenvalue weighted by atomic mass is 32.2. The van der Waals surface area contributed by atoms with Gasteiger partial charge >= 0.3 is 0 Å². The fourth-order valence-electron chi connectivity index (χ4n) is 1.85. The Labute approximate surface area is 109 Å². The summed E-state index contributed by atoms with van der Waals surface area (Å²) in [4.78, 5) is 1.30. The number of rotatable bonds is 8. The molecule has 0 aliphatic heterocycles. The predicted octanol–water partition coefficient (Wildman–Crippen LogP) is 4.54. The van der Waals surface area contributed by atoms with Crippen molar-refractivity contribution in [2.45, 2.75) is 43.0 Å². The van der Waals surface area contributed by atoms with E-state index in [0.29, 0.717) is 0 Å². The summed E-state index contributed by atoms with van der Waals surface area (Å²) in [6.07, 6.45) is 9.98. The molecule has 1 aromatic rings. The van der Waals surface area contributed by atoms with Crippen molar-refractivity contribution < 1.29 is 0 Å². The summed E-state index contributed by atoms with van der Waals surface area (Å²) in [5.74, 6) is 0. The number of hydrogen-bond acceptors (Lipinski definition) is 2. The highest BCUT2D eigenvalue weighted by Crippen LogP contribution is 2.21. The molecule has 1 aromatic carbocycles. The molecule has 17 heavy (non-hydrogen) atoms. The lowest BCUT2D eigenvalue weighted by Gasteiger charge is -2.12. The Morgan fingerprint density at radius 2 is 1.94 bits per heavy atom. The third-order valence-corrected chi connectivity index (χ3v) is 3.71. The summed E-state index contributed by atoms with van der Waals surface area (Å²) in [6.45, 7) is 3.73. The smallest absolute Gasteiger partial charge is 0.0294 e. The van der Waals surface area contributed by atoms with E-state index in [0.717, 1.165) is 12.8 Å². The first-order chi connectivity index (χ1) is 8.27. The van der Waals surface area contributed by atoms with Gasteiger partial charge in [0.1, 0.15) is 0 Å². The first-order valence-electron chi connectivity index (χ1n) is 6.28. The number of hydrogen-bond donors (Lipinski definition) is 1. The molecule has 1 atom stereocenters. The second kappa shape index (κ2) is 8.37. The van der Waals surface area contributed by atoms with Crippen LogP contribution in [0, 0.1) is 0 Å². The van der Waals surface area contributed by atoms with E-state index in [-0.39, 0.29) is 6.04 Å². The van der Waals surface area contributed by atoms with Crippen LogP contribution in [0.5, 0.6) is 0 Å². The first kappa shape index (κ1) is 14.3. The van der Waals surface area contributed by atoms with Gasteiger partial charge in [-0.25, -0.2) is 0 Å². The first-order valence-corrected chi connectivity index (χ1v) is 7.51. The standard InChI is InChI=1S/C15H23NS/c1-3-4-5-6-7-8-15(16)13-9-11-14(17-2)12-10-13/h3,9-12,15H,1,4-8,16H2,2H3. The van der Waals surface area contributed by atoms with Crippen LogP contribution in [0.25, 0.3) is 0 Å². The number of benzene rings is 1. The Bertz CT molecular complexity index is 318. The molecule has 1 rings (SSSR count). The third kappa shape index (κ3) is 5.42. The highest BCUT2D eigenvalue weighted by Gasteiger charge is 2.05. The maximum absolute atomic E-state index is 6.17. The summed E-state index contributed by atoms with van der Waals surface area (Å²) in [5.41, 5.74) is 7.43. The average Bonchev–Trinajstić information content (AvgIpc) is 2.38. The van der Waals surface area contributed by atoms with Crippen molar-refractivity contribution >= 4 is 11.8 Å². The van der Waals surface area contributed by atoms with E-state index in [2.05, 4.69) is 37.1 Å². The zero-order valence-corrected chi connectivity index (χ0v) is 11.5. The largest absolute Gasteiger partial charge is 0.324 e. The Morgan fingerprint density at radius 3 is 2.53 bits per heavy atom. The van der Waals surface area contributed by atoms with Crippen LogP contribution in [0.2, 0.25) is 0 Å². The molecule has 0 bridgehead atoms. The van der Waals surface area contributed by atoms with Gasteiger partial charge in [-0.05, 0) is 43.2 Å². The summed E-state index contributed by atoms with van der Waals surface area (Å²) >= 11 is 1.77. The summed E-state index contributed by atoms with van der Waals surface area (Å²) < 4.78 is 0. The lowest BCUT2D eigenvalue weighted by Crippen LogP contribution is -2.09. The monoisotopic (exact) mass is 249 g/mol. The van der Waals surface area contributed by atoms with Crippen molar-refractivity contribution in [1.82, 2.24) is 0 Å². The van der Waals surface area contributed by atoms with Gasteiger partial charge in [0, 0.05) is 10.9 Å². The van der Waals surface area contributed by atoms with E-state index in [1.165, 1.54) is 29.7 Å². The van der Waals surface area contributed by atoms with Crippen molar-refractivity contribution in [3.8, 4) is 0 Å². The molecule has 0 heterocycles. The van der Waals surface area contributed by atoms with Crippen LogP contribution in [0.4, 0.5) is 0 Å². The van der Waals surface area contributed by atoms with Gasteiger partial charge in [0.05, 0.1) is 0 Å². The van der Waals surface area contributed by atoms with Gasteiger partial charge in [-0.1, -0.05) is 31.1 Å². The fourth-order valence-corrected chi connectivity index (χ4v) is 2.26. The maximum atomic E-state index is 6.17. The zero-order valence-electron chi connectivity index (χ0n) is 10.7. The molecule has 0 fully saturated rings. The van der Waals surface area contributed by atoms with E-state index in [4.69, 9.17) is 5.73 Å². The van der Waals surface area contributed by atoms with Gasteiger partial charge < -0.3 is 5.73 Å². The number of unbranched alkanes of at least 4 members (excludes halogenated alkanes) is 3. The minimum absolute atomic E-state index is 0.189. The number of allylic oxidation sites excluding steroid dienone is 1. The van der Waals surface area contributed by atoms with Crippen LogP contribution in [0.1, 0.15) is 43.7 Å². The summed E-state index contributed by atoms with van der Waals surface area (Å²) in [5, 5.41) is 0. The van der Waals surface area contributed by atoms with Crippen LogP contribution in [0.3, 0.4) is 0 Å². The molecular weight excluding hydrogens is 226 g/mol. The Balaban J connectivity index is 2.30. The molecule has 2 heteroatoms. The van der Waals surface area contributed by atoms with Crippen molar-refractivity contribution in [2.24, 2.45) is 5.73 Å². The molecule has 1 unspecified atom stereocenters. The predicted molar refractivity (Wildman–Crippen MR) is 78.4 cm³/mol. The SMILES string of the molecule is C=CCCCCCC(N)c1ccc(SC)cc1.